The average molecular weight is 224 g/mol. The van der Waals surface area contributed by atoms with Crippen molar-refractivity contribution in [2.24, 2.45) is 0 Å². The first kappa shape index (κ1) is 12.7. The van der Waals surface area contributed by atoms with Crippen LogP contribution >= 0.6 is 0 Å². The fraction of sp³-hybridized carbons (Fsp3) is 0.462. The van der Waals surface area contributed by atoms with Gasteiger partial charge in [-0.05, 0) is 36.6 Å². The Morgan fingerprint density at radius 1 is 1.50 bits per heavy atom. The van der Waals surface area contributed by atoms with Crippen molar-refractivity contribution in [1.82, 2.24) is 0 Å². The van der Waals surface area contributed by atoms with Crippen molar-refractivity contribution in [1.29, 1.82) is 0 Å². The summed E-state index contributed by atoms with van der Waals surface area (Å²) in [5, 5.41) is 0. The average Bonchev–Trinajstić information content (AvgIpc) is 2.26. The molecule has 2 nitrogen and oxygen atoms in total. The molecule has 0 aliphatic heterocycles. The second kappa shape index (κ2) is 5.64. The molecular formula is C13H17FO2. The number of carbonyl (C=O) groups excluding carboxylic acids is 1. The van der Waals surface area contributed by atoms with E-state index in [1.165, 1.54) is 19.2 Å². The lowest BCUT2D eigenvalue weighted by Crippen LogP contribution is -2.15. The highest BCUT2D eigenvalue weighted by atomic mass is 19.1. The monoisotopic (exact) mass is 224 g/mol. The standard InChI is InChI=1S/C13H17FO2/c1-4-5-12(13(15)16-3)11-7-6-10(14)8-9(11)2/h6-8,12H,4-5H2,1-3H3. The molecule has 0 amide bonds. The molecule has 88 valence electrons. The number of esters is 1. The van der Waals surface area contributed by atoms with Gasteiger partial charge >= 0.3 is 5.97 Å². The van der Waals surface area contributed by atoms with Gasteiger partial charge in [0.1, 0.15) is 5.82 Å². The van der Waals surface area contributed by atoms with Gasteiger partial charge in [0, 0.05) is 0 Å². The van der Waals surface area contributed by atoms with Gasteiger partial charge in [-0.1, -0.05) is 19.4 Å². The Bertz CT molecular complexity index is 374. The summed E-state index contributed by atoms with van der Waals surface area (Å²) in [5.74, 6) is -0.812. The van der Waals surface area contributed by atoms with Crippen molar-refractivity contribution >= 4 is 5.97 Å². The van der Waals surface area contributed by atoms with Gasteiger partial charge in [0.05, 0.1) is 13.0 Å². The fourth-order valence-corrected chi connectivity index (χ4v) is 1.86. The Balaban J connectivity index is 3.05. The zero-order valence-electron chi connectivity index (χ0n) is 9.92. The molecule has 0 radical (unpaired) electrons. The number of carbonyl (C=O) groups is 1. The van der Waals surface area contributed by atoms with Gasteiger partial charge in [0.15, 0.2) is 0 Å². The van der Waals surface area contributed by atoms with Gasteiger partial charge in [-0.15, -0.1) is 0 Å². The molecule has 1 atom stereocenters. The number of aryl methyl sites for hydroxylation is 1. The maximum absolute atomic E-state index is 13.0. The highest BCUT2D eigenvalue weighted by Crippen LogP contribution is 2.26. The SMILES string of the molecule is CCCC(C(=O)OC)c1ccc(F)cc1C. The summed E-state index contributed by atoms with van der Waals surface area (Å²) in [6.45, 7) is 3.82. The molecule has 0 aliphatic carbocycles. The van der Waals surface area contributed by atoms with E-state index < -0.39 is 0 Å². The number of benzene rings is 1. The quantitative estimate of drug-likeness (QED) is 0.734. The second-order valence-corrected chi connectivity index (χ2v) is 3.87. The maximum Gasteiger partial charge on any atom is 0.313 e. The van der Waals surface area contributed by atoms with E-state index in [4.69, 9.17) is 4.74 Å². The molecule has 1 aromatic rings. The van der Waals surface area contributed by atoms with E-state index in [0.29, 0.717) is 0 Å². The molecule has 0 aliphatic rings. The van der Waals surface area contributed by atoms with Crippen molar-refractivity contribution in [2.75, 3.05) is 7.11 Å². The third kappa shape index (κ3) is 2.81. The molecule has 1 rings (SSSR count). The van der Waals surface area contributed by atoms with E-state index in [0.717, 1.165) is 24.0 Å². The highest BCUT2D eigenvalue weighted by molar-refractivity contribution is 5.78. The summed E-state index contributed by atoms with van der Waals surface area (Å²) in [5.41, 5.74) is 1.65. The van der Waals surface area contributed by atoms with E-state index in [9.17, 15) is 9.18 Å². The van der Waals surface area contributed by atoms with Crippen LogP contribution in [-0.4, -0.2) is 13.1 Å². The Morgan fingerprint density at radius 2 is 2.19 bits per heavy atom. The lowest BCUT2D eigenvalue weighted by Gasteiger charge is -2.16. The Labute approximate surface area is 95.4 Å². The molecule has 0 fully saturated rings. The van der Waals surface area contributed by atoms with Crippen LogP contribution in [0.15, 0.2) is 18.2 Å². The molecule has 1 aromatic carbocycles. The van der Waals surface area contributed by atoms with Gasteiger partial charge in [-0.2, -0.15) is 0 Å². The van der Waals surface area contributed by atoms with Gasteiger partial charge in [0.25, 0.3) is 0 Å². The van der Waals surface area contributed by atoms with Crippen LogP contribution in [0, 0.1) is 12.7 Å². The molecular weight excluding hydrogens is 207 g/mol. The first-order valence-electron chi connectivity index (χ1n) is 5.44. The zero-order valence-corrected chi connectivity index (χ0v) is 9.92. The molecule has 0 N–H and O–H groups in total. The second-order valence-electron chi connectivity index (χ2n) is 3.87. The normalized spacial score (nSPS) is 12.2. The molecule has 16 heavy (non-hydrogen) atoms. The number of methoxy groups -OCH3 is 1. The number of hydrogen-bond donors (Lipinski definition) is 0. The van der Waals surface area contributed by atoms with Crippen molar-refractivity contribution in [3.05, 3.63) is 35.1 Å². The first-order chi connectivity index (χ1) is 7.60. The predicted octanol–water partition coefficient (Wildman–Crippen LogP) is 3.19. The minimum atomic E-state index is -0.282. The molecule has 0 aromatic heterocycles. The Morgan fingerprint density at radius 3 is 2.69 bits per heavy atom. The van der Waals surface area contributed by atoms with E-state index >= 15 is 0 Å². The van der Waals surface area contributed by atoms with Crippen LogP contribution < -0.4 is 0 Å². The van der Waals surface area contributed by atoms with Gasteiger partial charge in [0.2, 0.25) is 0 Å². The Kier molecular flexibility index (Phi) is 4.47. The van der Waals surface area contributed by atoms with E-state index in [1.54, 1.807) is 6.07 Å². The summed E-state index contributed by atoms with van der Waals surface area (Å²) in [7, 11) is 1.38. The number of halogens is 1. The predicted molar refractivity (Wildman–Crippen MR) is 60.8 cm³/mol. The lowest BCUT2D eigenvalue weighted by molar-refractivity contribution is -0.142. The molecule has 0 saturated heterocycles. The largest absolute Gasteiger partial charge is 0.469 e. The van der Waals surface area contributed by atoms with Crippen LogP contribution in [0.4, 0.5) is 4.39 Å². The molecule has 0 heterocycles. The van der Waals surface area contributed by atoms with Crippen LogP contribution in [0.5, 0.6) is 0 Å². The highest BCUT2D eigenvalue weighted by Gasteiger charge is 2.22. The van der Waals surface area contributed by atoms with Gasteiger partial charge in [-0.25, -0.2) is 4.39 Å². The number of ether oxygens (including phenoxy) is 1. The molecule has 1 unspecified atom stereocenters. The van der Waals surface area contributed by atoms with Crippen molar-refractivity contribution in [3.8, 4) is 0 Å². The fourth-order valence-electron chi connectivity index (χ4n) is 1.86. The summed E-state index contributed by atoms with van der Waals surface area (Å²) in [6.07, 6.45) is 1.61. The maximum atomic E-state index is 13.0. The zero-order chi connectivity index (χ0) is 12.1. The van der Waals surface area contributed by atoms with Crippen molar-refractivity contribution in [2.45, 2.75) is 32.6 Å². The van der Waals surface area contributed by atoms with Crippen LogP contribution in [-0.2, 0) is 9.53 Å². The topological polar surface area (TPSA) is 26.3 Å². The minimum Gasteiger partial charge on any atom is -0.469 e. The number of hydrogen-bond acceptors (Lipinski definition) is 2. The summed E-state index contributed by atoms with van der Waals surface area (Å²) in [4.78, 5) is 11.6. The summed E-state index contributed by atoms with van der Waals surface area (Å²) in [6, 6.07) is 4.50. The lowest BCUT2D eigenvalue weighted by atomic mass is 9.91. The summed E-state index contributed by atoms with van der Waals surface area (Å²) < 4.78 is 17.7. The minimum absolute atomic E-state index is 0.253. The van der Waals surface area contributed by atoms with Gasteiger partial charge in [-0.3, -0.25) is 4.79 Å². The van der Waals surface area contributed by atoms with Crippen LogP contribution in [0.2, 0.25) is 0 Å². The van der Waals surface area contributed by atoms with Crippen LogP contribution in [0.1, 0.15) is 36.8 Å². The van der Waals surface area contributed by atoms with Gasteiger partial charge < -0.3 is 4.74 Å². The van der Waals surface area contributed by atoms with Crippen molar-refractivity contribution < 1.29 is 13.9 Å². The third-order valence-corrected chi connectivity index (χ3v) is 2.67. The summed E-state index contributed by atoms with van der Waals surface area (Å²) >= 11 is 0. The smallest absolute Gasteiger partial charge is 0.313 e. The number of rotatable bonds is 4. The molecule has 3 heteroatoms. The first-order valence-corrected chi connectivity index (χ1v) is 5.44. The van der Waals surface area contributed by atoms with E-state index in [-0.39, 0.29) is 17.7 Å². The molecule has 0 bridgehead atoms. The van der Waals surface area contributed by atoms with Crippen molar-refractivity contribution in [3.63, 3.8) is 0 Å². The van der Waals surface area contributed by atoms with E-state index in [1.807, 2.05) is 13.8 Å². The van der Waals surface area contributed by atoms with Crippen LogP contribution in [0.25, 0.3) is 0 Å². The third-order valence-electron chi connectivity index (χ3n) is 2.67. The van der Waals surface area contributed by atoms with Crippen LogP contribution in [0.3, 0.4) is 0 Å². The van der Waals surface area contributed by atoms with E-state index in [2.05, 4.69) is 0 Å². The molecule has 0 saturated carbocycles. The Hall–Kier alpha value is -1.38. The molecule has 0 spiro atoms.